The summed E-state index contributed by atoms with van der Waals surface area (Å²) < 4.78 is 55.0. The van der Waals surface area contributed by atoms with Crippen molar-refractivity contribution in [3.63, 3.8) is 0 Å². The molecular weight excluding hydrogens is 354 g/mol. The van der Waals surface area contributed by atoms with Crippen LogP contribution in [0.5, 0.6) is 0 Å². The van der Waals surface area contributed by atoms with Crippen LogP contribution < -0.4 is 0 Å². The molecule has 1 heterocycles. The van der Waals surface area contributed by atoms with E-state index in [2.05, 4.69) is 4.74 Å². The summed E-state index contributed by atoms with van der Waals surface area (Å²) >= 11 is 0. The van der Waals surface area contributed by atoms with Crippen LogP contribution in [0.25, 0.3) is 0 Å². The summed E-state index contributed by atoms with van der Waals surface area (Å²) in [6, 6.07) is 6.26. The van der Waals surface area contributed by atoms with Crippen molar-refractivity contribution in [1.29, 1.82) is 0 Å². The average Bonchev–Trinajstić information content (AvgIpc) is 2.49. The van der Waals surface area contributed by atoms with Crippen molar-refractivity contribution < 1.29 is 26.4 Å². The Hall–Kier alpha value is -1.45. The van der Waals surface area contributed by atoms with Gasteiger partial charge in [-0.2, -0.15) is 4.31 Å². The maximum absolute atomic E-state index is 12.8. The van der Waals surface area contributed by atoms with Gasteiger partial charge in [-0.25, -0.2) is 16.8 Å². The first-order valence-corrected chi connectivity index (χ1v) is 10.3. The highest BCUT2D eigenvalue weighted by atomic mass is 32.2. The Balaban J connectivity index is 2.48. The molecule has 0 N–H and O–H groups in total. The second-order valence-corrected chi connectivity index (χ2v) is 11.1. The molecule has 1 aliphatic heterocycles. The number of carbonyl (C=O) groups excluding carboxylic acids is 1. The van der Waals surface area contributed by atoms with Crippen molar-refractivity contribution in [1.82, 2.24) is 4.31 Å². The van der Waals surface area contributed by atoms with Crippen LogP contribution in [-0.2, 0) is 29.4 Å². The predicted octanol–water partition coefficient (Wildman–Crippen LogP) is 0.734. The maximum Gasteiger partial charge on any atom is 0.325 e. The summed E-state index contributed by atoms with van der Waals surface area (Å²) in [7, 11) is -6.71. The second kappa shape index (κ2) is 6.12. The minimum Gasteiger partial charge on any atom is -0.468 e. The fourth-order valence-electron chi connectivity index (χ4n) is 2.62. The molecule has 24 heavy (non-hydrogen) atoms. The Kier molecular flexibility index (Phi) is 4.82. The lowest BCUT2D eigenvalue weighted by molar-refractivity contribution is -0.140. The fraction of sp³-hybridized carbons (Fsp3) is 0.533. The van der Waals surface area contributed by atoms with Crippen LogP contribution in [0.3, 0.4) is 0 Å². The van der Waals surface area contributed by atoms with Crippen molar-refractivity contribution >= 4 is 25.8 Å². The predicted molar refractivity (Wildman–Crippen MR) is 88.7 cm³/mol. The van der Waals surface area contributed by atoms with E-state index in [0.29, 0.717) is 0 Å². The Bertz CT molecular complexity index is 840. The molecule has 134 valence electrons. The number of aryl methyl sites for hydroxylation is 1. The van der Waals surface area contributed by atoms with Crippen LogP contribution in [0, 0.1) is 6.92 Å². The third-order valence-corrected chi connectivity index (χ3v) is 8.78. The van der Waals surface area contributed by atoms with E-state index in [-0.39, 0.29) is 11.4 Å². The molecule has 0 spiro atoms. The van der Waals surface area contributed by atoms with Gasteiger partial charge < -0.3 is 4.74 Å². The largest absolute Gasteiger partial charge is 0.468 e. The highest BCUT2D eigenvalue weighted by Gasteiger charge is 2.53. The van der Waals surface area contributed by atoms with Gasteiger partial charge in [0.05, 0.1) is 16.8 Å². The monoisotopic (exact) mass is 375 g/mol. The van der Waals surface area contributed by atoms with Gasteiger partial charge in [0.1, 0.15) is 0 Å². The molecule has 1 aromatic rings. The van der Waals surface area contributed by atoms with Gasteiger partial charge in [0.2, 0.25) is 10.0 Å². The summed E-state index contributed by atoms with van der Waals surface area (Å²) in [6.07, 6.45) is 0. The van der Waals surface area contributed by atoms with E-state index in [9.17, 15) is 21.6 Å². The Morgan fingerprint density at radius 1 is 1.25 bits per heavy atom. The standard InChI is InChI=1S/C15H21NO6S2/c1-11-5-7-12(8-6-11)24(20,21)16-9-13(14(17)22-4)23(18,19)15(2,3)10-16/h5-8,13H,9-10H2,1-4H3. The molecule has 1 unspecified atom stereocenters. The number of benzene rings is 1. The summed E-state index contributed by atoms with van der Waals surface area (Å²) in [5.41, 5.74) is 0.905. The van der Waals surface area contributed by atoms with Crippen molar-refractivity contribution in [2.24, 2.45) is 0 Å². The van der Waals surface area contributed by atoms with Crippen LogP contribution in [0.2, 0.25) is 0 Å². The van der Waals surface area contributed by atoms with Gasteiger partial charge in [0, 0.05) is 13.1 Å². The summed E-state index contributed by atoms with van der Waals surface area (Å²) in [5.74, 6) is -0.952. The molecule has 7 nitrogen and oxygen atoms in total. The number of nitrogens with zero attached hydrogens (tertiary/aromatic N) is 1. The molecule has 0 bridgehead atoms. The smallest absolute Gasteiger partial charge is 0.325 e. The molecular formula is C15H21NO6S2. The normalized spacial score (nSPS) is 23.6. The van der Waals surface area contributed by atoms with E-state index in [1.165, 1.54) is 26.0 Å². The van der Waals surface area contributed by atoms with Crippen LogP contribution in [0.15, 0.2) is 29.2 Å². The molecule has 1 saturated heterocycles. The Morgan fingerprint density at radius 3 is 2.29 bits per heavy atom. The lowest BCUT2D eigenvalue weighted by Gasteiger charge is -2.40. The summed E-state index contributed by atoms with van der Waals surface area (Å²) in [6.45, 7) is 3.98. The SMILES string of the molecule is COC(=O)C1CN(S(=O)(=O)c2ccc(C)cc2)CC(C)(C)S1(=O)=O. The topological polar surface area (TPSA) is 97.8 Å². The Labute approximate surface area is 142 Å². The molecule has 1 aliphatic rings. The minimum atomic E-state index is -3.91. The van der Waals surface area contributed by atoms with Crippen molar-refractivity contribution in [3.05, 3.63) is 29.8 Å². The zero-order valence-corrected chi connectivity index (χ0v) is 15.6. The maximum atomic E-state index is 12.8. The van der Waals surface area contributed by atoms with Gasteiger partial charge in [-0.15, -0.1) is 0 Å². The fourth-order valence-corrected chi connectivity index (χ4v) is 6.25. The number of hydrogen-bond donors (Lipinski definition) is 0. The van der Waals surface area contributed by atoms with Gasteiger partial charge in [-0.3, -0.25) is 4.79 Å². The first-order valence-electron chi connectivity index (χ1n) is 7.31. The first-order chi connectivity index (χ1) is 10.9. The second-order valence-electron chi connectivity index (χ2n) is 6.43. The van der Waals surface area contributed by atoms with Crippen molar-refractivity contribution in [2.75, 3.05) is 20.2 Å². The molecule has 1 fully saturated rings. The zero-order valence-electron chi connectivity index (χ0n) is 14.0. The van der Waals surface area contributed by atoms with E-state index in [1.807, 2.05) is 6.92 Å². The molecule has 9 heteroatoms. The number of sulfone groups is 1. The number of ether oxygens (including phenoxy) is 1. The van der Waals surface area contributed by atoms with Gasteiger partial charge in [-0.1, -0.05) is 17.7 Å². The number of carbonyl (C=O) groups is 1. The molecule has 2 rings (SSSR count). The van der Waals surface area contributed by atoms with E-state index < -0.39 is 42.4 Å². The van der Waals surface area contributed by atoms with Gasteiger partial charge >= 0.3 is 5.97 Å². The van der Waals surface area contributed by atoms with Crippen molar-refractivity contribution in [2.45, 2.75) is 35.7 Å². The van der Waals surface area contributed by atoms with E-state index in [1.54, 1.807) is 12.1 Å². The molecule has 1 atom stereocenters. The highest BCUT2D eigenvalue weighted by molar-refractivity contribution is 7.94. The third-order valence-electron chi connectivity index (χ3n) is 4.19. The summed E-state index contributed by atoms with van der Waals surface area (Å²) in [5, 5.41) is -1.54. The number of sulfonamides is 1. The molecule has 0 radical (unpaired) electrons. The van der Waals surface area contributed by atoms with Crippen LogP contribution in [0.1, 0.15) is 19.4 Å². The van der Waals surface area contributed by atoms with E-state index >= 15 is 0 Å². The minimum absolute atomic E-state index is 0.0619. The Morgan fingerprint density at radius 2 is 1.79 bits per heavy atom. The number of esters is 1. The number of rotatable bonds is 3. The summed E-state index contributed by atoms with van der Waals surface area (Å²) in [4.78, 5) is 12.0. The lowest BCUT2D eigenvalue weighted by atomic mass is 10.2. The van der Waals surface area contributed by atoms with E-state index in [0.717, 1.165) is 17.0 Å². The van der Waals surface area contributed by atoms with E-state index in [4.69, 9.17) is 0 Å². The van der Waals surface area contributed by atoms with Crippen molar-refractivity contribution in [3.8, 4) is 0 Å². The third kappa shape index (κ3) is 3.07. The number of hydrogen-bond acceptors (Lipinski definition) is 6. The van der Waals surface area contributed by atoms with Crippen LogP contribution in [0.4, 0.5) is 0 Å². The lowest BCUT2D eigenvalue weighted by Crippen LogP contribution is -2.61. The molecule has 0 saturated carbocycles. The van der Waals surface area contributed by atoms with Gasteiger partial charge in [0.15, 0.2) is 15.1 Å². The number of methoxy groups -OCH3 is 1. The van der Waals surface area contributed by atoms with Gasteiger partial charge in [0.25, 0.3) is 0 Å². The average molecular weight is 375 g/mol. The van der Waals surface area contributed by atoms with Crippen LogP contribution in [-0.4, -0.2) is 57.3 Å². The quantitative estimate of drug-likeness (QED) is 0.723. The molecule has 0 amide bonds. The first kappa shape index (κ1) is 18.9. The molecule has 0 aromatic heterocycles. The molecule has 0 aliphatic carbocycles. The van der Waals surface area contributed by atoms with Crippen LogP contribution >= 0.6 is 0 Å². The molecule has 1 aromatic carbocycles. The zero-order chi connectivity index (χ0) is 18.3. The van der Waals surface area contributed by atoms with Gasteiger partial charge in [-0.05, 0) is 32.9 Å². The highest BCUT2D eigenvalue weighted by Crippen LogP contribution is 2.32.